The van der Waals surface area contributed by atoms with Gasteiger partial charge in [0, 0.05) is 12.1 Å². The first-order valence-corrected chi connectivity index (χ1v) is 6.89. The largest absolute Gasteiger partial charge is 0.353 e. The summed E-state index contributed by atoms with van der Waals surface area (Å²) in [4.78, 5) is 0. The molecule has 0 saturated carbocycles. The molecule has 108 valence electrons. The molecule has 0 aliphatic rings. The average molecular weight is 274 g/mol. The fourth-order valence-corrected chi connectivity index (χ4v) is 1.79. The summed E-state index contributed by atoms with van der Waals surface area (Å²) in [5.74, 6) is 0.673. The zero-order valence-electron chi connectivity index (χ0n) is 12.3. The molecule has 0 fully saturated rings. The summed E-state index contributed by atoms with van der Waals surface area (Å²) < 4.78 is 1.71. The Bertz CT molecular complexity index is 514. The topological polar surface area (TPSA) is 67.7 Å². The summed E-state index contributed by atoms with van der Waals surface area (Å²) >= 11 is 0. The van der Waals surface area contributed by atoms with E-state index in [4.69, 9.17) is 0 Å². The molecule has 0 radical (unpaired) electrons. The van der Waals surface area contributed by atoms with Crippen LogP contribution >= 0.6 is 0 Å². The van der Waals surface area contributed by atoms with E-state index in [1.165, 1.54) is 0 Å². The molecule has 0 amide bonds. The molecular formula is C14H22N6. The highest BCUT2D eigenvalue weighted by molar-refractivity contribution is 5.38. The predicted molar refractivity (Wildman–Crippen MR) is 80.0 cm³/mol. The van der Waals surface area contributed by atoms with Crippen LogP contribution in [0.25, 0.3) is 5.69 Å². The molecule has 0 bridgehead atoms. The standard InChI is InChI=1S/C14H22N6/c1-14(2,3)16-11-7-10-15-13-17-18-19-20(13)12-8-5-4-6-9-12/h4-6,8-9,16H,7,10-11H2,1-3H3,(H,15,17,19). The first kappa shape index (κ1) is 14.5. The van der Waals surface area contributed by atoms with Crippen molar-refractivity contribution in [3.05, 3.63) is 30.3 Å². The lowest BCUT2D eigenvalue weighted by Crippen LogP contribution is -2.37. The SMILES string of the molecule is CC(C)(C)NCCCNc1nnnn1-c1ccccc1. The van der Waals surface area contributed by atoms with Gasteiger partial charge < -0.3 is 10.6 Å². The van der Waals surface area contributed by atoms with Crippen LogP contribution in [0.1, 0.15) is 27.2 Å². The summed E-state index contributed by atoms with van der Waals surface area (Å²) in [5.41, 5.74) is 1.11. The maximum atomic E-state index is 4.01. The van der Waals surface area contributed by atoms with Gasteiger partial charge in [-0.25, -0.2) is 0 Å². The highest BCUT2D eigenvalue weighted by Crippen LogP contribution is 2.10. The van der Waals surface area contributed by atoms with Crippen molar-refractivity contribution in [2.24, 2.45) is 0 Å². The Morgan fingerprint density at radius 3 is 2.55 bits per heavy atom. The molecule has 0 atom stereocenters. The number of nitrogens with one attached hydrogen (secondary N) is 2. The fourth-order valence-electron chi connectivity index (χ4n) is 1.79. The van der Waals surface area contributed by atoms with Gasteiger partial charge in [0.15, 0.2) is 0 Å². The van der Waals surface area contributed by atoms with Crippen molar-refractivity contribution in [1.29, 1.82) is 0 Å². The van der Waals surface area contributed by atoms with Crippen molar-refractivity contribution < 1.29 is 0 Å². The maximum absolute atomic E-state index is 4.01. The third-order valence-corrected chi connectivity index (χ3v) is 2.76. The number of hydrogen-bond donors (Lipinski definition) is 2. The molecule has 0 aliphatic heterocycles. The van der Waals surface area contributed by atoms with Gasteiger partial charge in [-0.3, -0.25) is 0 Å². The lowest BCUT2D eigenvalue weighted by atomic mass is 10.1. The predicted octanol–water partition coefficient (Wildman–Crippen LogP) is 1.85. The average Bonchev–Trinajstić information content (AvgIpc) is 2.86. The van der Waals surface area contributed by atoms with E-state index in [0.29, 0.717) is 5.95 Å². The maximum Gasteiger partial charge on any atom is 0.247 e. The number of hydrogen-bond acceptors (Lipinski definition) is 5. The van der Waals surface area contributed by atoms with Crippen LogP contribution in [0.5, 0.6) is 0 Å². The molecule has 20 heavy (non-hydrogen) atoms. The zero-order chi connectivity index (χ0) is 14.4. The third kappa shape index (κ3) is 4.31. The molecular weight excluding hydrogens is 252 g/mol. The highest BCUT2D eigenvalue weighted by atomic mass is 15.6. The van der Waals surface area contributed by atoms with Gasteiger partial charge in [0.2, 0.25) is 5.95 Å². The van der Waals surface area contributed by atoms with Crippen molar-refractivity contribution in [2.75, 3.05) is 18.4 Å². The molecule has 2 aromatic rings. The smallest absolute Gasteiger partial charge is 0.247 e. The second-order valence-electron chi connectivity index (χ2n) is 5.71. The third-order valence-electron chi connectivity index (χ3n) is 2.76. The molecule has 1 aromatic carbocycles. The summed E-state index contributed by atoms with van der Waals surface area (Å²) in [6.07, 6.45) is 1.01. The molecule has 1 aromatic heterocycles. The Morgan fingerprint density at radius 2 is 1.85 bits per heavy atom. The second kappa shape index (κ2) is 6.47. The van der Waals surface area contributed by atoms with Crippen molar-refractivity contribution in [1.82, 2.24) is 25.5 Å². The number of benzene rings is 1. The number of nitrogens with zero attached hydrogens (tertiary/aromatic N) is 4. The van der Waals surface area contributed by atoms with Crippen LogP contribution in [0.3, 0.4) is 0 Å². The zero-order valence-corrected chi connectivity index (χ0v) is 12.3. The second-order valence-corrected chi connectivity index (χ2v) is 5.71. The molecule has 0 saturated heterocycles. The van der Waals surface area contributed by atoms with E-state index in [0.717, 1.165) is 25.2 Å². The van der Waals surface area contributed by atoms with E-state index in [1.807, 2.05) is 30.3 Å². The summed E-state index contributed by atoms with van der Waals surface area (Å²) in [5, 5.41) is 18.4. The van der Waals surface area contributed by atoms with Gasteiger partial charge in [-0.15, -0.1) is 0 Å². The molecule has 0 spiro atoms. The van der Waals surface area contributed by atoms with Gasteiger partial charge in [0.05, 0.1) is 5.69 Å². The number of para-hydroxylation sites is 1. The van der Waals surface area contributed by atoms with Gasteiger partial charge in [0.1, 0.15) is 0 Å². The van der Waals surface area contributed by atoms with Crippen LogP contribution in [0.15, 0.2) is 30.3 Å². The van der Waals surface area contributed by atoms with Gasteiger partial charge >= 0.3 is 0 Å². The highest BCUT2D eigenvalue weighted by Gasteiger charge is 2.08. The van der Waals surface area contributed by atoms with Crippen LogP contribution in [-0.2, 0) is 0 Å². The molecule has 2 N–H and O–H groups in total. The number of tetrazole rings is 1. The van der Waals surface area contributed by atoms with E-state index in [9.17, 15) is 0 Å². The summed E-state index contributed by atoms with van der Waals surface area (Å²) in [6, 6.07) is 9.85. The van der Waals surface area contributed by atoms with Crippen LogP contribution in [0.4, 0.5) is 5.95 Å². The van der Waals surface area contributed by atoms with Crippen molar-refractivity contribution in [2.45, 2.75) is 32.7 Å². The minimum Gasteiger partial charge on any atom is -0.353 e. The van der Waals surface area contributed by atoms with E-state index in [-0.39, 0.29) is 5.54 Å². The van der Waals surface area contributed by atoms with Crippen molar-refractivity contribution >= 4 is 5.95 Å². The monoisotopic (exact) mass is 274 g/mol. The lowest BCUT2D eigenvalue weighted by molar-refractivity contribution is 0.425. The van der Waals surface area contributed by atoms with Crippen LogP contribution < -0.4 is 10.6 Å². The fraction of sp³-hybridized carbons (Fsp3) is 0.500. The Morgan fingerprint density at radius 1 is 1.10 bits per heavy atom. The van der Waals surface area contributed by atoms with E-state index < -0.39 is 0 Å². The Balaban J connectivity index is 1.84. The number of anilines is 1. The number of aromatic nitrogens is 4. The van der Waals surface area contributed by atoms with Crippen LogP contribution in [-0.4, -0.2) is 38.8 Å². The molecule has 2 rings (SSSR count). The minimum absolute atomic E-state index is 0.158. The van der Waals surface area contributed by atoms with Gasteiger partial charge in [0.25, 0.3) is 0 Å². The summed E-state index contributed by atoms with van der Waals surface area (Å²) in [7, 11) is 0. The number of rotatable bonds is 6. The van der Waals surface area contributed by atoms with E-state index in [1.54, 1.807) is 4.68 Å². The molecule has 0 unspecified atom stereocenters. The molecule has 0 aliphatic carbocycles. The van der Waals surface area contributed by atoms with E-state index in [2.05, 4.69) is 46.9 Å². The van der Waals surface area contributed by atoms with Crippen LogP contribution in [0.2, 0.25) is 0 Å². The molecule has 6 heteroatoms. The Kier molecular flexibility index (Phi) is 4.68. The van der Waals surface area contributed by atoms with Crippen molar-refractivity contribution in [3.63, 3.8) is 0 Å². The molecule has 1 heterocycles. The molecule has 6 nitrogen and oxygen atoms in total. The van der Waals surface area contributed by atoms with Gasteiger partial charge in [-0.2, -0.15) is 4.68 Å². The van der Waals surface area contributed by atoms with E-state index >= 15 is 0 Å². The van der Waals surface area contributed by atoms with Crippen molar-refractivity contribution in [3.8, 4) is 5.69 Å². The Hall–Kier alpha value is -1.95. The summed E-state index contributed by atoms with van der Waals surface area (Å²) in [6.45, 7) is 8.28. The van der Waals surface area contributed by atoms with Gasteiger partial charge in [-0.1, -0.05) is 23.3 Å². The normalized spacial score (nSPS) is 11.6. The van der Waals surface area contributed by atoms with Gasteiger partial charge in [-0.05, 0) is 56.3 Å². The Labute approximate surface area is 119 Å². The van der Waals surface area contributed by atoms with Crippen LogP contribution in [0, 0.1) is 0 Å². The first-order chi connectivity index (χ1) is 9.56. The first-order valence-electron chi connectivity index (χ1n) is 6.89. The quantitative estimate of drug-likeness (QED) is 0.787. The lowest BCUT2D eigenvalue weighted by Gasteiger charge is -2.20. The minimum atomic E-state index is 0.158.